The van der Waals surface area contributed by atoms with E-state index in [2.05, 4.69) is 35.3 Å². The molecular weight excluding hydrogens is 352 g/mol. The first-order chi connectivity index (χ1) is 12.7. The highest BCUT2D eigenvalue weighted by atomic mass is 32.1. The van der Waals surface area contributed by atoms with Crippen molar-refractivity contribution in [3.8, 4) is 22.5 Å². The minimum absolute atomic E-state index is 0.212. The number of carbonyl (C=O) groups excluding carboxylic acids is 1. The number of anilines is 1. The quantitative estimate of drug-likeness (QED) is 0.574. The highest BCUT2D eigenvalue weighted by molar-refractivity contribution is 7.03. The van der Waals surface area contributed by atoms with Crippen LogP contribution in [0.3, 0.4) is 0 Å². The van der Waals surface area contributed by atoms with Crippen LogP contribution in [0.2, 0.25) is 0 Å². The summed E-state index contributed by atoms with van der Waals surface area (Å²) in [4.78, 5) is 20.3. The molecule has 4 aromatic rings. The molecule has 0 aliphatic heterocycles. The Hall–Kier alpha value is -3.40. The van der Waals surface area contributed by atoms with Crippen LogP contribution in [0.15, 0.2) is 42.0 Å². The van der Waals surface area contributed by atoms with E-state index in [-0.39, 0.29) is 12.0 Å². The molecule has 9 nitrogen and oxygen atoms in total. The minimum atomic E-state index is -0.354. The maximum atomic E-state index is 11.8. The van der Waals surface area contributed by atoms with Gasteiger partial charge in [0.25, 0.3) is 5.95 Å². The third kappa shape index (κ3) is 3.09. The Bertz CT molecular complexity index is 1050. The van der Waals surface area contributed by atoms with Crippen molar-refractivity contribution < 1.29 is 4.79 Å². The molecule has 0 aliphatic carbocycles. The monoisotopic (exact) mass is 366 g/mol. The van der Waals surface area contributed by atoms with Crippen molar-refractivity contribution in [2.45, 2.75) is 6.92 Å². The minimum Gasteiger partial charge on any atom is -0.338 e. The number of carbonyl (C=O) groups is 1. The lowest BCUT2D eigenvalue weighted by Gasteiger charge is -2.05. The van der Waals surface area contributed by atoms with Crippen molar-refractivity contribution >= 4 is 29.2 Å². The maximum Gasteiger partial charge on any atom is 0.321 e. The predicted octanol–water partition coefficient (Wildman–Crippen LogP) is 2.45. The van der Waals surface area contributed by atoms with Crippen LogP contribution in [-0.4, -0.2) is 41.7 Å². The van der Waals surface area contributed by atoms with Crippen molar-refractivity contribution in [3.05, 3.63) is 42.0 Å². The molecule has 2 N–H and O–H groups in total. The number of amides is 2. The lowest BCUT2D eigenvalue weighted by Crippen LogP contribution is -2.28. The van der Waals surface area contributed by atoms with Crippen LogP contribution in [0.4, 0.5) is 10.7 Å². The van der Waals surface area contributed by atoms with Gasteiger partial charge in [-0.15, -0.1) is 10.2 Å². The molecule has 0 unspecified atom stereocenters. The summed E-state index contributed by atoms with van der Waals surface area (Å²) >= 11 is 1.25. The number of rotatable bonds is 4. The van der Waals surface area contributed by atoms with Gasteiger partial charge in [0.05, 0.1) is 5.69 Å². The van der Waals surface area contributed by atoms with Gasteiger partial charge in [0, 0.05) is 29.9 Å². The normalized spacial score (nSPS) is 10.8. The molecule has 0 fully saturated rings. The molecule has 0 bridgehead atoms. The molecule has 0 aliphatic rings. The maximum absolute atomic E-state index is 11.8. The van der Waals surface area contributed by atoms with Crippen molar-refractivity contribution in [2.24, 2.45) is 0 Å². The summed E-state index contributed by atoms with van der Waals surface area (Å²) in [6, 6.07) is 7.32. The van der Waals surface area contributed by atoms with Crippen molar-refractivity contribution in [2.75, 3.05) is 11.9 Å². The summed E-state index contributed by atoms with van der Waals surface area (Å²) in [5.41, 5.74) is 3.86. The first kappa shape index (κ1) is 16.1. The van der Waals surface area contributed by atoms with E-state index in [1.165, 1.54) is 11.5 Å². The fourth-order valence-corrected chi connectivity index (χ4v) is 2.95. The van der Waals surface area contributed by atoms with Gasteiger partial charge in [-0.1, -0.05) is 10.6 Å². The summed E-state index contributed by atoms with van der Waals surface area (Å²) < 4.78 is 5.56. The van der Waals surface area contributed by atoms with E-state index in [1.807, 2.05) is 36.6 Å². The number of aromatic nitrogens is 6. The van der Waals surface area contributed by atoms with Gasteiger partial charge in [0.15, 0.2) is 5.65 Å². The fraction of sp³-hybridized carbons (Fsp3) is 0.125. The number of pyridine rings is 2. The molecule has 26 heavy (non-hydrogen) atoms. The van der Waals surface area contributed by atoms with Gasteiger partial charge < -0.3 is 5.32 Å². The van der Waals surface area contributed by atoms with Gasteiger partial charge in [0.2, 0.25) is 0 Å². The molecule has 0 saturated carbocycles. The second kappa shape index (κ2) is 6.84. The zero-order valence-electron chi connectivity index (χ0n) is 13.7. The Morgan fingerprint density at radius 2 is 2.23 bits per heavy atom. The van der Waals surface area contributed by atoms with Crippen LogP contribution in [0, 0.1) is 0 Å². The molecule has 4 rings (SSSR count). The molecule has 0 radical (unpaired) electrons. The van der Waals surface area contributed by atoms with Crippen LogP contribution in [-0.2, 0) is 0 Å². The van der Waals surface area contributed by atoms with E-state index in [1.54, 1.807) is 16.9 Å². The van der Waals surface area contributed by atoms with E-state index >= 15 is 0 Å². The van der Waals surface area contributed by atoms with Gasteiger partial charge in [0.1, 0.15) is 5.69 Å². The molecule has 4 aromatic heterocycles. The van der Waals surface area contributed by atoms with Crippen LogP contribution < -0.4 is 10.6 Å². The van der Waals surface area contributed by atoms with E-state index in [0.717, 1.165) is 16.8 Å². The molecule has 0 spiro atoms. The van der Waals surface area contributed by atoms with E-state index in [4.69, 9.17) is 0 Å². The number of urea groups is 1. The molecular formula is C16H14N8OS. The average Bonchev–Trinajstić information content (AvgIpc) is 3.31. The average molecular weight is 366 g/mol. The zero-order chi connectivity index (χ0) is 17.9. The molecule has 0 atom stereocenters. The summed E-state index contributed by atoms with van der Waals surface area (Å²) in [5, 5.41) is 15.6. The molecule has 0 saturated heterocycles. The van der Waals surface area contributed by atoms with Gasteiger partial charge in [-0.25, -0.2) is 9.31 Å². The van der Waals surface area contributed by atoms with E-state index in [9.17, 15) is 4.79 Å². The summed E-state index contributed by atoms with van der Waals surface area (Å²) in [7, 11) is 0. The molecule has 10 heteroatoms. The number of hydrogen-bond donors (Lipinski definition) is 2. The molecule has 130 valence electrons. The fourth-order valence-electron chi connectivity index (χ4n) is 2.50. The largest absolute Gasteiger partial charge is 0.338 e. The SMILES string of the molecule is CCNC(=O)Nc1nc2cc(-c3cccnc3)cc(-c3csnn3)n2n1. The first-order valence-electron chi connectivity index (χ1n) is 7.88. The molecule has 4 heterocycles. The number of fused-ring (bicyclic) bond motifs is 1. The first-order valence-corrected chi connectivity index (χ1v) is 8.72. The third-order valence-electron chi connectivity index (χ3n) is 3.62. The molecule has 0 aromatic carbocycles. The Morgan fingerprint density at radius 3 is 2.96 bits per heavy atom. The van der Waals surface area contributed by atoms with Gasteiger partial charge in [-0.2, -0.15) is 4.98 Å². The topological polar surface area (TPSA) is 110 Å². The lowest BCUT2D eigenvalue weighted by molar-refractivity contribution is 0.252. The molecule has 2 amide bonds. The van der Waals surface area contributed by atoms with Gasteiger partial charge in [-0.05, 0) is 42.2 Å². The van der Waals surface area contributed by atoms with E-state index < -0.39 is 0 Å². The van der Waals surface area contributed by atoms with Crippen molar-refractivity contribution in [3.63, 3.8) is 0 Å². The second-order valence-electron chi connectivity index (χ2n) is 5.35. The van der Waals surface area contributed by atoms with Crippen LogP contribution in [0.5, 0.6) is 0 Å². The number of hydrogen-bond acceptors (Lipinski definition) is 7. The number of nitrogens with one attached hydrogen (secondary N) is 2. The highest BCUT2D eigenvalue weighted by Gasteiger charge is 2.15. The lowest BCUT2D eigenvalue weighted by atomic mass is 10.1. The van der Waals surface area contributed by atoms with Crippen LogP contribution in [0.25, 0.3) is 28.2 Å². The highest BCUT2D eigenvalue weighted by Crippen LogP contribution is 2.27. The third-order valence-corrected chi connectivity index (χ3v) is 4.12. The second-order valence-corrected chi connectivity index (χ2v) is 5.96. The predicted molar refractivity (Wildman–Crippen MR) is 97.8 cm³/mol. The number of nitrogens with zero attached hydrogens (tertiary/aromatic N) is 6. The van der Waals surface area contributed by atoms with Crippen molar-refractivity contribution in [1.82, 2.24) is 34.5 Å². The smallest absolute Gasteiger partial charge is 0.321 e. The summed E-state index contributed by atoms with van der Waals surface area (Å²) in [6.45, 7) is 2.35. The Labute approximate surface area is 152 Å². The van der Waals surface area contributed by atoms with E-state index in [0.29, 0.717) is 17.9 Å². The Balaban J connectivity index is 1.85. The van der Waals surface area contributed by atoms with Crippen molar-refractivity contribution in [1.29, 1.82) is 0 Å². The Morgan fingerprint density at radius 1 is 1.31 bits per heavy atom. The standard InChI is InChI=1S/C16H14N8OS/c1-2-18-16(25)20-15-19-14-7-11(10-4-3-5-17-8-10)6-13(24(14)22-15)12-9-26-23-21-12/h3-9H,2H2,1H3,(H2,18,20,22,25). The summed E-state index contributed by atoms with van der Waals surface area (Å²) in [5.74, 6) is 0.212. The Kier molecular flexibility index (Phi) is 4.23. The van der Waals surface area contributed by atoms with Gasteiger partial charge in [-0.3, -0.25) is 10.3 Å². The van der Waals surface area contributed by atoms with Gasteiger partial charge >= 0.3 is 6.03 Å². The van der Waals surface area contributed by atoms with Crippen LogP contribution in [0.1, 0.15) is 6.92 Å². The van der Waals surface area contributed by atoms with Crippen LogP contribution >= 0.6 is 11.5 Å². The summed E-state index contributed by atoms with van der Waals surface area (Å²) in [6.07, 6.45) is 3.50. The zero-order valence-corrected chi connectivity index (χ0v) is 14.6.